The zero-order valence-electron chi connectivity index (χ0n) is 10.8. The molecule has 0 amide bonds. The van der Waals surface area contributed by atoms with Gasteiger partial charge in [-0.3, -0.25) is 0 Å². The van der Waals surface area contributed by atoms with Gasteiger partial charge < -0.3 is 10.1 Å². The molecule has 1 saturated carbocycles. The van der Waals surface area contributed by atoms with Gasteiger partial charge in [0.15, 0.2) is 0 Å². The summed E-state index contributed by atoms with van der Waals surface area (Å²) >= 11 is 0. The molecule has 1 N–H and O–H groups in total. The molecule has 0 radical (unpaired) electrons. The second-order valence-electron chi connectivity index (χ2n) is 5.53. The lowest BCUT2D eigenvalue weighted by molar-refractivity contribution is 0.108. The molecule has 90 valence electrons. The average molecular weight is 213 g/mol. The van der Waals surface area contributed by atoms with Crippen LogP contribution in [0.4, 0.5) is 0 Å². The maximum Gasteiger partial charge on any atom is 0.0591 e. The summed E-state index contributed by atoms with van der Waals surface area (Å²) in [7, 11) is 0. The molecule has 1 aliphatic rings. The van der Waals surface area contributed by atoms with Gasteiger partial charge in [-0.1, -0.05) is 27.7 Å². The molecule has 2 heteroatoms. The summed E-state index contributed by atoms with van der Waals surface area (Å²) < 4.78 is 5.56. The first-order valence-electron chi connectivity index (χ1n) is 6.42. The number of rotatable bonds is 8. The molecular weight excluding hydrogens is 186 g/mol. The third-order valence-corrected chi connectivity index (χ3v) is 2.93. The van der Waals surface area contributed by atoms with Crippen molar-refractivity contribution in [2.45, 2.75) is 46.6 Å². The Labute approximate surface area is 94.8 Å². The number of hydrogen-bond acceptors (Lipinski definition) is 2. The third-order valence-electron chi connectivity index (χ3n) is 2.93. The van der Waals surface area contributed by atoms with E-state index in [1.165, 1.54) is 12.8 Å². The molecule has 0 aromatic rings. The lowest BCUT2D eigenvalue weighted by atomic mass is 10.00. The molecule has 1 rings (SSSR count). The fraction of sp³-hybridized carbons (Fsp3) is 1.00. The average Bonchev–Trinajstić information content (AvgIpc) is 2.93. The molecule has 0 saturated heterocycles. The van der Waals surface area contributed by atoms with Crippen molar-refractivity contribution in [3.63, 3.8) is 0 Å². The maximum absolute atomic E-state index is 5.56. The lowest BCUT2D eigenvalue weighted by Gasteiger charge is -2.22. The molecular formula is C13H27NO. The van der Waals surface area contributed by atoms with Crippen LogP contribution >= 0.6 is 0 Å². The summed E-state index contributed by atoms with van der Waals surface area (Å²) in [5.74, 6) is 2.34. The van der Waals surface area contributed by atoms with Gasteiger partial charge >= 0.3 is 0 Å². The van der Waals surface area contributed by atoms with Gasteiger partial charge in [-0.15, -0.1) is 0 Å². The van der Waals surface area contributed by atoms with Gasteiger partial charge in [0.2, 0.25) is 0 Å². The van der Waals surface area contributed by atoms with E-state index in [-0.39, 0.29) is 0 Å². The number of ether oxygens (including phenoxy) is 1. The Balaban J connectivity index is 2.01. The minimum absolute atomic E-state index is 0.648. The Hall–Kier alpha value is -0.0800. The van der Waals surface area contributed by atoms with Crippen molar-refractivity contribution in [3.05, 3.63) is 0 Å². The molecule has 2 nitrogen and oxygen atoms in total. The van der Waals surface area contributed by atoms with Gasteiger partial charge in [-0.05, 0) is 30.6 Å². The van der Waals surface area contributed by atoms with Crippen molar-refractivity contribution >= 4 is 0 Å². The fourth-order valence-corrected chi connectivity index (χ4v) is 2.02. The highest BCUT2D eigenvalue weighted by molar-refractivity contribution is 4.88. The highest BCUT2D eigenvalue weighted by Crippen LogP contribution is 2.35. The van der Waals surface area contributed by atoms with Crippen molar-refractivity contribution in [1.82, 2.24) is 5.32 Å². The van der Waals surface area contributed by atoms with E-state index in [4.69, 9.17) is 4.74 Å². The first kappa shape index (κ1) is 13.0. The van der Waals surface area contributed by atoms with Crippen LogP contribution in [0.2, 0.25) is 0 Å². The molecule has 0 aliphatic heterocycles. The highest BCUT2D eigenvalue weighted by atomic mass is 16.5. The van der Waals surface area contributed by atoms with E-state index in [0.29, 0.717) is 12.0 Å². The smallest absolute Gasteiger partial charge is 0.0591 e. The van der Waals surface area contributed by atoms with Crippen LogP contribution in [0.5, 0.6) is 0 Å². The molecule has 0 aromatic heterocycles. The van der Waals surface area contributed by atoms with Gasteiger partial charge in [0.05, 0.1) is 6.61 Å². The quantitative estimate of drug-likeness (QED) is 0.626. The minimum atomic E-state index is 0.648. The van der Waals surface area contributed by atoms with Crippen LogP contribution in [0.25, 0.3) is 0 Å². The second kappa shape index (κ2) is 6.49. The SMILES string of the molecule is CC(C)COCCNC(C(C)C)C1CC1. The molecule has 1 unspecified atom stereocenters. The van der Waals surface area contributed by atoms with E-state index < -0.39 is 0 Å². The van der Waals surface area contributed by atoms with E-state index in [1.54, 1.807) is 0 Å². The second-order valence-corrected chi connectivity index (χ2v) is 5.53. The minimum Gasteiger partial charge on any atom is -0.380 e. The molecule has 1 fully saturated rings. The predicted octanol–water partition coefficient (Wildman–Crippen LogP) is 2.68. The third kappa shape index (κ3) is 5.53. The molecule has 1 atom stereocenters. The van der Waals surface area contributed by atoms with Crippen molar-refractivity contribution < 1.29 is 4.74 Å². The number of hydrogen-bond donors (Lipinski definition) is 1. The Morgan fingerprint density at radius 3 is 2.33 bits per heavy atom. The summed E-state index contributed by atoms with van der Waals surface area (Å²) in [6.45, 7) is 11.7. The molecule has 15 heavy (non-hydrogen) atoms. The van der Waals surface area contributed by atoms with Crippen molar-refractivity contribution in [2.24, 2.45) is 17.8 Å². The normalized spacial score (nSPS) is 18.8. The van der Waals surface area contributed by atoms with Crippen LogP contribution in [-0.4, -0.2) is 25.8 Å². The summed E-state index contributed by atoms with van der Waals surface area (Å²) in [5, 5.41) is 3.63. The van der Waals surface area contributed by atoms with E-state index in [2.05, 4.69) is 33.0 Å². The van der Waals surface area contributed by atoms with Gasteiger partial charge in [-0.25, -0.2) is 0 Å². The van der Waals surface area contributed by atoms with Crippen molar-refractivity contribution in [3.8, 4) is 0 Å². The van der Waals surface area contributed by atoms with Crippen LogP contribution in [-0.2, 0) is 4.74 Å². The van der Waals surface area contributed by atoms with E-state index in [9.17, 15) is 0 Å². The largest absolute Gasteiger partial charge is 0.380 e. The van der Waals surface area contributed by atoms with E-state index >= 15 is 0 Å². The Bertz CT molecular complexity index is 162. The topological polar surface area (TPSA) is 21.3 Å². The van der Waals surface area contributed by atoms with Crippen molar-refractivity contribution in [1.29, 1.82) is 0 Å². The monoisotopic (exact) mass is 213 g/mol. The maximum atomic E-state index is 5.56. The molecule has 1 aliphatic carbocycles. The van der Waals surface area contributed by atoms with Gasteiger partial charge in [0.25, 0.3) is 0 Å². The lowest BCUT2D eigenvalue weighted by Crippen LogP contribution is -2.37. The van der Waals surface area contributed by atoms with Crippen LogP contribution in [0.1, 0.15) is 40.5 Å². The molecule has 0 aromatic carbocycles. The van der Waals surface area contributed by atoms with Crippen LogP contribution in [0, 0.1) is 17.8 Å². The molecule has 0 bridgehead atoms. The first-order valence-corrected chi connectivity index (χ1v) is 6.42. The van der Waals surface area contributed by atoms with E-state index in [0.717, 1.165) is 31.6 Å². The van der Waals surface area contributed by atoms with Crippen LogP contribution in [0.3, 0.4) is 0 Å². The summed E-state index contributed by atoms with van der Waals surface area (Å²) in [6.07, 6.45) is 2.84. The predicted molar refractivity (Wildman–Crippen MR) is 65.0 cm³/mol. The van der Waals surface area contributed by atoms with E-state index in [1.807, 2.05) is 0 Å². The van der Waals surface area contributed by atoms with Gasteiger partial charge in [0, 0.05) is 19.2 Å². The molecule has 0 spiro atoms. The van der Waals surface area contributed by atoms with Crippen molar-refractivity contribution in [2.75, 3.05) is 19.8 Å². The Morgan fingerprint density at radius 2 is 1.87 bits per heavy atom. The number of nitrogens with one attached hydrogen (secondary N) is 1. The van der Waals surface area contributed by atoms with Crippen LogP contribution in [0.15, 0.2) is 0 Å². The summed E-state index contributed by atoms with van der Waals surface area (Å²) in [5.41, 5.74) is 0. The Morgan fingerprint density at radius 1 is 1.20 bits per heavy atom. The zero-order valence-corrected chi connectivity index (χ0v) is 10.8. The first-order chi connectivity index (χ1) is 7.11. The van der Waals surface area contributed by atoms with Crippen LogP contribution < -0.4 is 5.32 Å². The molecule has 0 heterocycles. The highest BCUT2D eigenvalue weighted by Gasteiger charge is 2.32. The standard InChI is InChI=1S/C13H27NO/c1-10(2)9-15-8-7-14-13(11(3)4)12-5-6-12/h10-14H,5-9H2,1-4H3. The summed E-state index contributed by atoms with van der Waals surface area (Å²) in [6, 6.07) is 0.715. The summed E-state index contributed by atoms with van der Waals surface area (Å²) in [4.78, 5) is 0. The van der Waals surface area contributed by atoms with Gasteiger partial charge in [0.1, 0.15) is 0 Å². The fourth-order valence-electron chi connectivity index (χ4n) is 2.02. The Kier molecular flexibility index (Phi) is 5.62. The van der Waals surface area contributed by atoms with Gasteiger partial charge in [-0.2, -0.15) is 0 Å². The zero-order chi connectivity index (χ0) is 11.3.